The molecule has 0 fully saturated rings. The molecule has 9 nitrogen and oxygen atoms in total. The molecule has 0 saturated heterocycles. The minimum atomic E-state index is -4.46. The van der Waals surface area contributed by atoms with Gasteiger partial charge in [0, 0.05) is 12.8 Å². The molecule has 0 rings (SSSR count). The van der Waals surface area contributed by atoms with E-state index in [4.69, 9.17) is 13.8 Å². The van der Waals surface area contributed by atoms with E-state index in [1.807, 2.05) is 27.2 Å². The van der Waals surface area contributed by atoms with E-state index in [2.05, 4.69) is 68.6 Å². The lowest BCUT2D eigenvalue weighted by atomic mass is 10.0. The van der Waals surface area contributed by atoms with Crippen LogP contribution in [0.4, 0.5) is 0 Å². The Morgan fingerprint density at radius 1 is 0.402 bits per heavy atom. The molecule has 0 aliphatic rings. The van der Waals surface area contributed by atoms with Gasteiger partial charge in [0.25, 0.3) is 0 Å². The van der Waals surface area contributed by atoms with Crippen molar-refractivity contribution in [2.24, 2.45) is 0 Å². The number of carbonyl (C=O) groups is 2. The second-order valence-corrected chi connectivity index (χ2v) is 28.6. The van der Waals surface area contributed by atoms with Crippen molar-refractivity contribution in [3.63, 3.8) is 0 Å². The molecule has 512 valence electrons. The number of phosphoric acid groups is 1. The number of nitrogens with zero attached hydrogens (tertiary/aromatic N) is 1. The molecule has 87 heavy (non-hydrogen) atoms. The second-order valence-electron chi connectivity index (χ2n) is 27.2. The Bertz CT molecular complexity index is 1620. The molecule has 0 radical (unpaired) electrons. The lowest BCUT2D eigenvalue weighted by Crippen LogP contribution is -2.47. The predicted molar refractivity (Wildman–Crippen MR) is 379 cm³/mol. The maximum atomic E-state index is 13.6. The number of phosphoric ester groups is 1. The second kappa shape index (κ2) is 66.9. The molecule has 3 atom stereocenters. The largest absolute Gasteiger partial charge is 0.472 e. The molecule has 2 N–H and O–H groups in total. The standard InChI is InChI=1S/C77H147N2O7P/c1-7-10-13-16-19-22-25-28-30-32-34-36-37-38-39-40-41-43-45-47-49-52-55-58-61-64-67-70-77(81)86-75(68-65-62-59-56-53-50-27-24-21-18-15-12-9-3)74(73-85-87(82,83)84-72-71-79(4,5)6)78-76(80)69-66-63-60-57-54-51-48-46-44-42-35-33-31-29-26-23-20-17-14-11-8-2/h20,23,28-31,65,68,74-75H,7-19,21-22,24-27,32-64,66-67,69-73H2,1-6H3,(H-,78,80,82,83)/p+1/b23-20-,30-28+,31-29-,68-65-. The number of nitrogens with one attached hydrogen (secondary N) is 1. The van der Waals surface area contributed by atoms with Crippen LogP contribution in [0.2, 0.25) is 0 Å². The van der Waals surface area contributed by atoms with Crippen LogP contribution in [0.5, 0.6) is 0 Å². The number of hydrogen-bond donors (Lipinski definition) is 2. The zero-order valence-corrected chi connectivity index (χ0v) is 59.7. The number of amides is 1. The van der Waals surface area contributed by atoms with Gasteiger partial charge in [0.1, 0.15) is 19.3 Å². The van der Waals surface area contributed by atoms with Crippen LogP contribution in [0, 0.1) is 0 Å². The first-order valence-corrected chi connectivity index (χ1v) is 39.5. The first-order valence-electron chi connectivity index (χ1n) is 38.0. The van der Waals surface area contributed by atoms with Crippen LogP contribution in [0.25, 0.3) is 0 Å². The Morgan fingerprint density at radius 3 is 1.07 bits per heavy atom. The molecule has 0 saturated carbocycles. The van der Waals surface area contributed by atoms with Gasteiger partial charge in [-0.05, 0) is 89.5 Å². The van der Waals surface area contributed by atoms with Crippen molar-refractivity contribution < 1.29 is 37.3 Å². The summed E-state index contributed by atoms with van der Waals surface area (Å²) in [6.07, 6.45) is 85.6. The first-order chi connectivity index (χ1) is 42.4. The summed E-state index contributed by atoms with van der Waals surface area (Å²) in [6.45, 7) is 7.05. The van der Waals surface area contributed by atoms with Gasteiger partial charge < -0.3 is 19.4 Å². The van der Waals surface area contributed by atoms with Crippen molar-refractivity contribution in [3.8, 4) is 0 Å². The summed E-state index contributed by atoms with van der Waals surface area (Å²) >= 11 is 0. The average Bonchev–Trinajstić information content (AvgIpc) is 3.69. The number of carbonyl (C=O) groups excluding carboxylic acids is 2. The number of ether oxygens (including phenoxy) is 1. The molecular formula is C77H148N2O7P+. The zero-order chi connectivity index (χ0) is 63.5. The van der Waals surface area contributed by atoms with Crippen LogP contribution in [0.1, 0.15) is 380 Å². The Morgan fingerprint density at radius 2 is 0.701 bits per heavy atom. The minimum absolute atomic E-state index is 0.0417. The number of likely N-dealkylation sites (N-methyl/N-ethyl adjacent to an activating group) is 1. The highest BCUT2D eigenvalue weighted by Crippen LogP contribution is 2.43. The van der Waals surface area contributed by atoms with Crippen molar-refractivity contribution in [1.82, 2.24) is 5.32 Å². The summed E-state index contributed by atoms with van der Waals surface area (Å²) in [5.74, 6) is -0.488. The van der Waals surface area contributed by atoms with Crippen LogP contribution in [-0.4, -0.2) is 74.3 Å². The van der Waals surface area contributed by atoms with E-state index >= 15 is 0 Å². The van der Waals surface area contributed by atoms with Gasteiger partial charge in [0.15, 0.2) is 0 Å². The number of esters is 1. The summed E-state index contributed by atoms with van der Waals surface area (Å²) in [5.41, 5.74) is 0. The SMILES string of the molecule is CCCCC/C=C\C/C=C\CCCCCCCCCCCCCC(=O)NC(COP(=O)(O)OCC[N+](C)(C)C)C(/C=C\CCCCCCCCCCCCC)OC(=O)CCCCCCCCCCCCCCCCCCC/C=C/CCCCCCCC. The van der Waals surface area contributed by atoms with Crippen molar-refractivity contribution in [2.45, 2.75) is 392 Å². The molecule has 0 aliphatic heterocycles. The quantitative estimate of drug-likeness (QED) is 0.0205. The highest BCUT2D eigenvalue weighted by Gasteiger charge is 2.30. The third kappa shape index (κ3) is 68.2. The van der Waals surface area contributed by atoms with Crippen molar-refractivity contribution in [3.05, 3.63) is 48.6 Å². The topological polar surface area (TPSA) is 111 Å². The summed E-state index contributed by atoms with van der Waals surface area (Å²) < 4.78 is 30.9. The fraction of sp³-hybridized carbons (Fsp3) is 0.870. The number of rotatable bonds is 70. The smallest absolute Gasteiger partial charge is 0.456 e. The van der Waals surface area contributed by atoms with Crippen molar-refractivity contribution in [2.75, 3.05) is 40.9 Å². The van der Waals surface area contributed by atoms with E-state index in [1.165, 1.54) is 283 Å². The molecule has 1 amide bonds. The van der Waals surface area contributed by atoms with Gasteiger partial charge in [-0.25, -0.2) is 4.57 Å². The molecule has 10 heteroatoms. The maximum Gasteiger partial charge on any atom is 0.472 e. The highest BCUT2D eigenvalue weighted by atomic mass is 31.2. The molecule has 0 aliphatic carbocycles. The van der Waals surface area contributed by atoms with Crippen LogP contribution in [0.3, 0.4) is 0 Å². The number of hydrogen-bond acceptors (Lipinski definition) is 6. The molecular weight excluding hydrogens is 1100 g/mol. The zero-order valence-electron chi connectivity index (χ0n) is 58.8. The molecule has 0 aromatic carbocycles. The Labute approximate surface area is 541 Å². The number of unbranched alkanes of at least 4 members (excludes halogenated alkanes) is 48. The van der Waals surface area contributed by atoms with Gasteiger partial charge in [0.2, 0.25) is 5.91 Å². The normalized spacial score (nSPS) is 13.7. The van der Waals surface area contributed by atoms with Gasteiger partial charge in [0.05, 0.1) is 33.8 Å². The first kappa shape index (κ1) is 85.0. The molecule has 0 bridgehead atoms. The summed E-state index contributed by atoms with van der Waals surface area (Å²) in [5, 5.41) is 3.08. The molecule has 0 aromatic heterocycles. The molecule has 0 spiro atoms. The van der Waals surface area contributed by atoms with Gasteiger partial charge >= 0.3 is 13.8 Å². The van der Waals surface area contributed by atoms with E-state index in [-0.39, 0.29) is 25.1 Å². The molecule has 0 heterocycles. The predicted octanol–water partition coefficient (Wildman–Crippen LogP) is 24.4. The lowest BCUT2D eigenvalue weighted by molar-refractivity contribution is -0.870. The van der Waals surface area contributed by atoms with E-state index in [9.17, 15) is 19.0 Å². The number of quaternary nitrogens is 1. The van der Waals surface area contributed by atoms with Gasteiger partial charge in [-0.3, -0.25) is 18.6 Å². The monoisotopic (exact) mass is 1240 g/mol. The summed E-state index contributed by atoms with van der Waals surface area (Å²) in [7, 11) is 1.51. The highest BCUT2D eigenvalue weighted by molar-refractivity contribution is 7.47. The average molecular weight is 1250 g/mol. The van der Waals surface area contributed by atoms with Gasteiger partial charge in [-0.2, -0.15) is 0 Å². The van der Waals surface area contributed by atoms with Gasteiger partial charge in [-0.1, -0.05) is 327 Å². The molecule has 0 aromatic rings. The van der Waals surface area contributed by atoms with Gasteiger partial charge in [-0.15, -0.1) is 0 Å². The summed E-state index contributed by atoms with van der Waals surface area (Å²) in [4.78, 5) is 38.0. The maximum absolute atomic E-state index is 13.6. The van der Waals surface area contributed by atoms with E-state index in [0.717, 1.165) is 64.2 Å². The Balaban J connectivity index is 4.99. The van der Waals surface area contributed by atoms with Crippen LogP contribution in [0.15, 0.2) is 48.6 Å². The van der Waals surface area contributed by atoms with Crippen molar-refractivity contribution in [1.29, 1.82) is 0 Å². The van der Waals surface area contributed by atoms with E-state index < -0.39 is 20.0 Å². The Hall–Kier alpha value is -2.03. The van der Waals surface area contributed by atoms with E-state index in [0.29, 0.717) is 23.9 Å². The minimum Gasteiger partial charge on any atom is -0.456 e. The summed E-state index contributed by atoms with van der Waals surface area (Å²) in [6, 6.07) is -0.849. The van der Waals surface area contributed by atoms with E-state index in [1.54, 1.807) is 0 Å². The lowest BCUT2D eigenvalue weighted by Gasteiger charge is -2.27. The fourth-order valence-electron chi connectivity index (χ4n) is 11.4. The fourth-order valence-corrected chi connectivity index (χ4v) is 12.1. The van der Waals surface area contributed by atoms with Crippen molar-refractivity contribution >= 4 is 19.7 Å². The third-order valence-corrected chi connectivity index (χ3v) is 18.2. The van der Waals surface area contributed by atoms with Crippen LogP contribution in [-0.2, 0) is 27.9 Å². The Kier molecular flexibility index (Phi) is 65.3. The molecule has 3 unspecified atom stereocenters. The van der Waals surface area contributed by atoms with Crippen LogP contribution >= 0.6 is 7.82 Å². The number of allylic oxidation sites excluding steroid dienone is 7. The van der Waals surface area contributed by atoms with Crippen LogP contribution < -0.4 is 5.32 Å². The third-order valence-electron chi connectivity index (χ3n) is 17.2.